The Bertz CT molecular complexity index is 740. The monoisotopic (exact) mass is 401 g/mol. The Hall–Kier alpha value is -1.79. The zero-order chi connectivity index (χ0) is 17.0. The lowest BCUT2D eigenvalue weighted by atomic mass is 10.1. The number of anilines is 1. The third-order valence-electron chi connectivity index (χ3n) is 2.96. The number of benzene rings is 2. The van der Waals surface area contributed by atoms with Crippen molar-refractivity contribution >= 4 is 39.1 Å². The van der Waals surface area contributed by atoms with Gasteiger partial charge in [-0.15, -0.1) is 0 Å². The highest BCUT2D eigenvalue weighted by Gasteiger charge is 2.16. The highest BCUT2D eigenvalue weighted by molar-refractivity contribution is 9.10. The van der Waals surface area contributed by atoms with E-state index in [-0.39, 0.29) is 16.3 Å². The maximum absolute atomic E-state index is 13.8. The minimum absolute atomic E-state index is 0.0715. The largest absolute Gasteiger partial charge is 0.493 e. The molecule has 0 spiro atoms. The van der Waals surface area contributed by atoms with Crippen LogP contribution >= 0.6 is 27.5 Å². The molecule has 4 nitrogen and oxygen atoms in total. The predicted molar refractivity (Wildman–Crippen MR) is 91.2 cm³/mol. The first kappa shape index (κ1) is 17.6. The molecule has 7 heteroatoms. The maximum Gasteiger partial charge on any atom is 0.255 e. The highest BCUT2D eigenvalue weighted by atomic mass is 79.9. The van der Waals surface area contributed by atoms with E-state index in [1.165, 1.54) is 31.4 Å². The molecule has 23 heavy (non-hydrogen) atoms. The van der Waals surface area contributed by atoms with Gasteiger partial charge in [0.15, 0.2) is 11.5 Å². The van der Waals surface area contributed by atoms with E-state index < -0.39 is 11.7 Å². The summed E-state index contributed by atoms with van der Waals surface area (Å²) >= 11 is 9.28. The van der Waals surface area contributed by atoms with Crippen LogP contribution in [0.25, 0.3) is 0 Å². The van der Waals surface area contributed by atoms with E-state index >= 15 is 0 Å². The highest BCUT2D eigenvalue weighted by Crippen LogP contribution is 2.36. The molecule has 0 aliphatic rings. The van der Waals surface area contributed by atoms with Gasteiger partial charge in [0.05, 0.1) is 24.4 Å². The second kappa shape index (κ2) is 7.66. The van der Waals surface area contributed by atoms with E-state index in [9.17, 15) is 9.18 Å². The normalized spacial score (nSPS) is 10.3. The molecule has 122 valence electrons. The molecular formula is C16H14BrClFNO3. The Morgan fingerprint density at radius 1 is 1.35 bits per heavy atom. The summed E-state index contributed by atoms with van der Waals surface area (Å²) in [6.45, 7) is 2.22. The minimum atomic E-state index is -0.545. The standard InChI is InChI=1S/C16H14BrClFNO3/c1-3-23-15-11(18)6-9(7-14(15)22-2)16(21)20-13-5-4-10(17)8-12(13)19/h4-8H,3H2,1-2H3,(H,20,21). The average Bonchev–Trinajstić information content (AvgIpc) is 2.51. The predicted octanol–water partition coefficient (Wildman–Crippen LogP) is 4.90. The molecule has 2 aromatic rings. The van der Waals surface area contributed by atoms with Gasteiger partial charge in [0, 0.05) is 10.0 Å². The molecule has 1 N–H and O–H groups in total. The number of nitrogens with one attached hydrogen (secondary N) is 1. The van der Waals surface area contributed by atoms with E-state index in [4.69, 9.17) is 21.1 Å². The summed E-state index contributed by atoms with van der Waals surface area (Å²) < 4.78 is 25.0. The minimum Gasteiger partial charge on any atom is -0.493 e. The van der Waals surface area contributed by atoms with Crippen LogP contribution in [-0.2, 0) is 0 Å². The smallest absolute Gasteiger partial charge is 0.255 e. The molecule has 0 aliphatic carbocycles. The number of hydrogen-bond acceptors (Lipinski definition) is 3. The van der Waals surface area contributed by atoms with Crippen LogP contribution in [0.1, 0.15) is 17.3 Å². The summed E-state index contributed by atoms with van der Waals surface area (Å²) in [6.07, 6.45) is 0. The van der Waals surface area contributed by atoms with Gasteiger partial charge in [-0.05, 0) is 37.3 Å². The van der Waals surface area contributed by atoms with Crippen molar-refractivity contribution in [2.45, 2.75) is 6.92 Å². The van der Waals surface area contributed by atoms with Crippen LogP contribution in [-0.4, -0.2) is 19.6 Å². The van der Waals surface area contributed by atoms with Crippen LogP contribution in [0.5, 0.6) is 11.5 Å². The number of halogens is 3. The van der Waals surface area contributed by atoms with Crippen molar-refractivity contribution < 1.29 is 18.7 Å². The van der Waals surface area contributed by atoms with Gasteiger partial charge in [0.2, 0.25) is 0 Å². The fourth-order valence-electron chi connectivity index (χ4n) is 1.92. The maximum atomic E-state index is 13.8. The lowest BCUT2D eigenvalue weighted by Crippen LogP contribution is -2.13. The Morgan fingerprint density at radius 2 is 2.09 bits per heavy atom. The van der Waals surface area contributed by atoms with Gasteiger partial charge in [-0.1, -0.05) is 27.5 Å². The Kier molecular flexibility index (Phi) is 5.85. The zero-order valence-corrected chi connectivity index (χ0v) is 14.8. The van der Waals surface area contributed by atoms with Crippen LogP contribution in [0.3, 0.4) is 0 Å². The van der Waals surface area contributed by atoms with E-state index in [0.717, 1.165) is 0 Å². The van der Waals surface area contributed by atoms with Gasteiger partial charge in [-0.2, -0.15) is 0 Å². The van der Waals surface area contributed by atoms with E-state index in [1.807, 2.05) is 6.92 Å². The first-order valence-electron chi connectivity index (χ1n) is 6.73. The van der Waals surface area contributed by atoms with Crippen molar-refractivity contribution in [1.82, 2.24) is 0 Å². The van der Waals surface area contributed by atoms with E-state index in [2.05, 4.69) is 21.2 Å². The van der Waals surface area contributed by atoms with Crippen LogP contribution in [0.2, 0.25) is 5.02 Å². The zero-order valence-electron chi connectivity index (χ0n) is 12.5. The van der Waals surface area contributed by atoms with Crippen molar-refractivity contribution in [3.8, 4) is 11.5 Å². The average molecular weight is 403 g/mol. The Balaban J connectivity index is 2.30. The van der Waals surface area contributed by atoms with Crippen molar-refractivity contribution in [2.24, 2.45) is 0 Å². The number of ether oxygens (including phenoxy) is 2. The fourth-order valence-corrected chi connectivity index (χ4v) is 2.52. The number of carbonyl (C=O) groups is 1. The number of carbonyl (C=O) groups excluding carboxylic acids is 1. The topological polar surface area (TPSA) is 47.6 Å². The van der Waals surface area contributed by atoms with Crippen LogP contribution < -0.4 is 14.8 Å². The third-order valence-corrected chi connectivity index (χ3v) is 3.73. The molecule has 1 amide bonds. The second-order valence-electron chi connectivity index (χ2n) is 4.50. The molecular weight excluding hydrogens is 389 g/mol. The van der Waals surface area contributed by atoms with Crippen LogP contribution in [0.4, 0.5) is 10.1 Å². The number of rotatable bonds is 5. The van der Waals surface area contributed by atoms with Crippen molar-refractivity contribution in [1.29, 1.82) is 0 Å². The Morgan fingerprint density at radius 3 is 2.70 bits per heavy atom. The molecule has 0 saturated heterocycles. The number of methoxy groups -OCH3 is 1. The van der Waals surface area contributed by atoms with Gasteiger partial charge in [-0.25, -0.2) is 4.39 Å². The molecule has 0 atom stereocenters. The summed E-state index contributed by atoms with van der Waals surface area (Å²) in [7, 11) is 1.45. The van der Waals surface area contributed by atoms with Gasteiger partial charge < -0.3 is 14.8 Å². The summed E-state index contributed by atoms with van der Waals surface area (Å²) in [5, 5.41) is 2.74. The van der Waals surface area contributed by atoms with Crippen molar-refractivity contribution in [3.63, 3.8) is 0 Å². The molecule has 0 heterocycles. The van der Waals surface area contributed by atoms with Crippen molar-refractivity contribution in [2.75, 3.05) is 19.0 Å². The van der Waals surface area contributed by atoms with Gasteiger partial charge in [-0.3, -0.25) is 4.79 Å². The first-order valence-corrected chi connectivity index (χ1v) is 7.90. The second-order valence-corrected chi connectivity index (χ2v) is 5.82. The lowest BCUT2D eigenvalue weighted by Gasteiger charge is -2.13. The van der Waals surface area contributed by atoms with E-state index in [1.54, 1.807) is 6.07 Å². The number of amides is 1. The molecule has 0 unspecified atom stereocenters. The Labute approximate surface area is 146 Å². The van der Waals surface area contributed by atoms with Gasteiger partial charge in [0.1, 0.15) is 5.82 Å². The molecule has 2 rings (SSSR count). The van der Waals surface area contributed by atoms with Crippen LogP contribution in [0, 0.1) is 5.82 Å². The summed E-state index contributed by atoms with van der Waals surface area (Å²) in [6, 6.07) is 7.29. The summed E-state index contributed by atoms with van der Waals surface area (Å²) in [5.74, 6) is -0.352. The molecule has 2 aromatic carbocycles. The molecule has 0 radical (unpaired) electrons. The van der Waals surface area contributed by atoms with E-state index in [0.29, 0.717) is 22.6 Å². The quantitative estimate of drug-likeness (QED) is 0.774. The summed E-state index contributed by atoms with van der Waals surface area (Å²) in [4.78, 5) is 12.3. The number of hydrogen-bond donors (Lipinski definition) is 1. The first-order chi connectivity index (χ1) is 11.0. The van der Waals surface area contributed by atoms with Gasteiger partial charge >= 0.3 is 0 Å². The lowest BCUT2D eigenvalue weighted by molar-refractivity contribution is 0.102. The SMILES string of the molecule is CCOc1c(Cl)cc(C(=O)Nc2ccc(Br)cc2F)cc1OC. The summed E-state index contributed by atoms with van der Waals surface area (Å²) in [5.41, 5.74) is 0.305. The molecule has 0 aliphatic heterocycles. The van der Waals surface area contributed by atoms with Crippen LogP contribution in [0.15, 0.2) is 34.8 Å². The molecule has 0 bridgehead atoms. The van der Waals surface area contributed by atoms with Gasteiger partial charge in [0.25, 0.3) is 5.91 Å². The van der Waals surface area contributed by atoms with Crippen molar-refractivity contribution in [3.05, 3.63) is 51.2 Å². The molecule has 0 aromatic heterocycles. The molecule has 0 saturated carbocycles. The molecule has 0 fully saturated rings. The fraction of sp³-hybridized carbons (Fsp3) is 0.188. The third kappa shape index (κ3) is 4.14.